The molecule has 1 aliphatic heterocycles. The molecular formula is C25H22ClNO3S. The van der Waals surface area contributed by atoms with Crippen molar-refractivity contribution < 1.29 is 14.7 Å². The van der Waals surface area contributed by atoms with Gasteiger partial charge in [-0.15, -0.1) is 0 Å². The summed E-state index contributed by atoms with van der Waals surface area (Å²) in [7, 11) is 0. The molecule has 1 N–H and O–H groups in total. The molecule has 0 unspecified atom stereocenters. The normalized spacial score (nSPS) is 14.4. The number of phenolic OH excluding ortho intramolecular Hbond substituents is 1. The SMILES string of the molecule is O=C(c1ccc(Sc2ccc(Cl)cc2)cc1)C1CCN(C(=O)c2cccc(O)c2)CC1. The number of carbonyl (C=O) groups is 2. The molecule has 4 nitrogen and oxygen atoms in total. The molecule has 4 rings (SSSR count). The van der Waals surface area contributed by atoms with Crippen molar-refractivity contribution in [1.82, 2.24) is 4.90 Å². The van der Waals surface area contributed by atoms with Crippen molar-refractivity contribution in [2.45, 2.75) is 22.6 Å². The first-order valence-corrected chi connectivity index (χ1v) is 11.3. The number of Topliss-reactive ketones (excluding diaryl/α,β-unsaturated/α-hetero) is 1. The van der Waals surface area contributed by atoms with E-state index in [0.29, 0.717) is 42.1 Å². The average molecular weight is 452 g/mol. The number of phenols is 1. The highest BCUT2D eigenvalue weighted by Gasteiger charge is 2.28. The summed E-state index contributed by atoms with van der Waals surface area (Å²) in [6.07, 6.45) is 1.29. The van der Waals surface area contributed by atoms with Gasteiger partial charge in [0.05, 0.1) is 0 Å². The standard InChI is InChI=1S/C25H22ClNO3S/c26-20-6-10-23(11-7-20)31-22-8-4-17(5-9-22)24(29)18-12-14-27(15-13-18)25(30)19-2-1-3-21(28)16-19/h1-11,16,18,28H,12-15H2. The number of hydrogen-bond acceptors (Lipinski definition) is 4. The van der Waals surface area contributed by atoms with Gasteiger partial charge in [-0.05, 0) is 67.4 Å². The Morgan fingerprint density at radius 2 is 1.48 bits per heavy atom. The van der Waals surface area contributed by atoms with Crippen molar-refractivity contribution in [3.63, 3.8) is 0 Å². The third-order valence-electron chi connectivity index (χ3n) is 5.43. The second-order valence-electron chi connectivity index (χ2n) is 7.56. The first-order chi connectivity index (χ1) is 15.0. The highest BCUT2D eigenvalue weighted by atomic mass is 35.5. The number of ketones is 1. The summed E-state index contributed by atoms with van der Waals surface area (Å²) in [4.78, 5) is 29.5. The van der Waals surface area contributed by atoms with E-state index >= 15 is 0 Å². The first-order valence-electron chi connectivity index (χ1n) is 10.2. The quantitative estimate of drug-likeness (QED) is 0.488. The van der Waals surface area contributed by atoms with Crippen LogP contribution in [0.5, 0.6) is 5.75 Å². The van der Waals surface area contributed by atoms with E-state index in [9.17, 15) is 14.7 Å². The largest absolute Gasteiger partial charge is 0.508 e. The second-order valence-corrected chi connectivity index (χ2v) is 9.14. The summed E-state index contributed by atoms with van der Waals surface area (Å²) < 4.78 is 0. The molecule has 3 aromatic carbocycles. The Kier molecular flexibility index (Phi) is 6.64. The average Bonchev–Trinajstić information content (AvgIpc) is 2.80. The molecule has 6 heteroatoms. The van der Waals surface area contributed by atoms with Crippen molar-refractivity contribution >= 4 is 35.1 Å². The van der Waals surface area contributed by atoms with E-state index in [2.05, 4.69) is 0 Å². The Hall–Kier alpha value is -2.76. The van der Waals surface area contributed by atoms with Gasteiger partial charge in [-0.2, -0.15) is 0 Å². The van der Waals surface area contributed by atoms with Crippen LogP contribution in [0.15, 0.2) is 82.6 Å². The van der Waals surface area contributed by atoms with Gasteiger partial charge in [0.25, 0.3) is 5.91 Å². The monoisotopic (exact) mass is 451 g/mol. The number of halogens is 1. The predicted octanol–water partition coefficient (Wildman–Crippen LogP) is 5.93. The fourth-order valence-corrected chi connectivity index (χ4v) is 4.67. The minimum atomic E-state index is -0.106. The maximum absolute atomic E-state index is 12.9. The van der Waals surface area contributed by atoms with Crippen molar-refractivity contribution in [3.8, 4) is 5.75 Å². The highest BCUT2D eigenvalue weighted by molar-refractivity contribution is 7.99. The fourth-order valence-electron chi connectivity index (χ4n) is 3.73. The Balaban J connectivity index is 1.34. The molecule has 1 saturated heterocycles. The smallest absolute Gasteiger partial charge is 0.253 e. The van der Waals surface area contributed by atoms with Gasteiger partial charge in [-0.1, -0.05) is 41.6 Å². The minimum absolute atomic E-state index is 0.0774. The van der Waals surface area contributed by atoms with Crippen LogP contribution in [0, 0.1) is 5.92 Å². The Labute approximate surface area is 190 Å². The molecule has 158 valence electrons. The maximum atomic E-state index is 12.9. The van der Waals surface area contributed by atoms with E-state index in [1.807, 2.05) is 48.5 Å². The zero-order valence-electron chi connectivity index (χ0n) is 16.8. The van der Waals surface area contributed by atoms with Crippen molar-refractivity contribution in [2.24, 2.45) is 5.92 Å². The molecule has 0 aliphatic carbocycles. The van der Waals surface area contributed by atoms with Crippen LogP contribution in [0.3, 0.4) is 0 Å². The van der Waals surface area contributed by atoms with Gasteiger partial charge in [0.15, 0.2) is 5.78 Å². The highest BCUT2D eigenvalue weighted by Crippen LogP contribution is 2.30. The van der Waals surface area contributed by atoms with E-state index in [0.717, 1.165) is 9.79 Å². The summed E-state index contributed by atoms with van der Waals surface area (Å²) in [6, 6.07) is 21.7. The van der Waals surface area contributed by atoms with E-state index in [4.69, 9.17) is 11.6 Å². The maximum Gasteiger partial charge on any atom is 0.253 e. The summed E-state index contributed by atoms with van der Waals surface area (Å²) >= 11 is 7.55. The minimum Gasteiger partial charge on any atom is -0.508 e. The van der Waals surface area contributed by atoms with Gasteiger partial charge in [-0.3, -0.25) is 9.59 Å². The fraction of sp³-hybridized carbons (Fsp3) is 0.200. The number of likely N-dealkylation sites (tertiary alicyclic amines) is 1. The summed E-state index contributed by atoms with van der Waals surface area (Å²) in [6.45, 7) is 1.07. The van der Waals surface area contributed by atoms with Crippen LogP contribution < -0.4 is 0 Å². The predicted molar refractivity (Wildman–Crippen MR) is 123 cm³/mol. The van der Waals surface area contributed by atoms with E-state index < -0.39 is 0 Å². The molecule has 0 radical (unpaired) electrons. The van der Waals surface area contributed by atoms with E-state index in [1.54, 1.807) is 34.9 Å². The van der Waals surface area contributed by atoms with Crippen LogP contribution in [0.25, 0.3) is 0 Å². The number of amides is 1. The Morgan fingerprint density at radius 3 is 2.10 bits per heavy atom. The first kappa shape index (κ1) is 21.5. The van der Waals surface area contributed by atoms with Crippen LogP contribution in [0.4, 0.5) is 0 Å². The molecule has 1 fully saturated rings. The van der Waals surface area contributed by atoms with E-state index in [-0.39, 0.29) is 23.4 Å². The lowest BCUT2D eigenvalue weighted by Gasteiger charge is -2.31. The van der Waals surface area contributed by atoms with E-state index in [1.165, 1.54) is 6.07 Å². The topological polar surface area (TPSA) is 57.6 Å². The molecule has 31 heavy (non-hydrogen) atoms. The number of benzene rings is 3. The number of nitrogens with zero attached hydrogens (tertiary/aromatic N) is 1. The van der Waals surface area contributed by atoms with Gasteiger partial charge in [-0.25, -0.2) is 0 Å². The van der Waals surface area contributed by atoms with Gasteiger partial charge in [0.1, 0.15) is 5.75 Å². The van der Waals surface area contributed by atoms with Crippen LogP contribution in [-0.2, 0) is 0 Å². The molecule has 1 amide bonds. The Morgan fingerprint density at radius 1 is 0.871 bits per heavy atom. The third kappa shape index (κ3) is 5.30. The van der Waals surface area contributed by atoms with Crippen molar-refractivity contribution in [1.29, 1.82) is 0 Å². The van der Waals surface area contributed by atoms with Crippen LogP contribution in [-0.4, -0.2) is 34.8 Å². The van der Waals surface area contributed by atoms with Crippen LogP contribution >= 0.6 is 23.4 Å². The second kappa shape index (κ2) is 9.58. The summed E-state index contributed by atoms with van der Waals surface area (Å²) in [5.41, 5.74) is 1.18. The molecule has 0 bridgehead atoms. The molecule has 0 atom stereocenters. The molecule has 0 saturated carbocycles. The van der Waals surface area contributed by atoms with Crippen molar-refractivity contribution in [2.75, 3.05) is 13.1 Å². The number of piperidine rings is 1. The zero-order chi connectivity index (χ0) is 21.8. The van der Waals surface area contributed by atoms with Gasteiger partial charge < -0.3 is 10.0 Å². The molecule has 1 aliphatic rings. The number of carbonyl (C=O) groups excluding carboxylic acids is 2. The molecule has 1 heterocycles. The molecule has 0 spiro atoms. The lowest BCUT2D eigenvalue weighted by Crippen LogP contribution is -2.40. The zero-order valence-corrected chi connectivity index (χ0v) is 18.4. The van der Waals surface area contributed by atoms with Gasteiger partial charge >= 0.3 is 0 Å². The molecular weight excluding hydrogens is 430 g/mol. The summed E-state index contributed by atoms with van der Waals surface area (Å²) in [5, 5.41) is 10.3. The number of rotatable bonds is 5. The van der Waals surface area contributed by atoms with Gasteiger partial charge in [0, 0.05) is 44.9 Å². The number of aromatic hydroxyl groups is 1. The lowest BCUT2D eigenvalue weighted by molar-refractivity contribution is 0.0650. The van der Waals surface area contributed by atoms with Crippen LogP contribution in [0.1, 0.15) is 33.6 Å². The van der Waals surface area contributed by atoms with Crippen molar-refractivity contribution in [3.05, 3.63) is 88.9 Å². The van der Waals surface area contributed by atoms with Gasteiger partial charge in [0.2, 0.25) is 0 Å². The Bertz CT molecular complexity index is 1070. The summed E-state index contributed by atoms with van der Waals surface area (Å²) in [5.74, 6) is 0.0226. The third-order valence-corrected chi connectivity index (χ3v) is 6.70. The van der Waals surface area contributed by atoms with Crippen LogP contribution in [0.2, 0.25) is 5.02 Å². The number of hydrogen-bond donors (Lipinski definition) is 1. The molecule has 0 aromatic heterocycles. The lowest BCUT2D eigenvalue weighted by atomic mass is 9.88. The molecule has 3 aromatic rings.